The zero-order chi connectivity index (χ0) is 23.1. The highest BCUT2D eigenvalue weighted by atomic mass is 16.5. The first-order chi connectivity index (χ1) is 14.9. The Kier molecular flexibility index (Phi) is 7.96. The number of aromatic hydroxyl groups is 2. The number of imidazole rings is 1. The van der Waals surface area contributed by atoms with Crippen LogP contribution >= 0.6 is 0 Å². The lowest BCUT2D eigenvalue weighted by Crippen LogP contribution is -2.48. The molecule has 2 aromatic rings. The Labute approximate surface area is 177 Å². The number of aromatic amines is 1. The third kappa shape index (κ3) is 4.60. The second-order valence-corrected chi connectivity index (χ2v) is 6.69. The third-order valence-corrected chi connectivity index (χ3v) is 4.89. The number of phenols is 2. The van der Waals surface area contributed by atoms with Crippen LogP contribution in [0.2, 0.25) is 0 Å². The second kappa shape index (κ2) is 10.4. The molecule has 0 saturated heterocycles. The number of nitrogens with two attached hydrogens (primary N) is 1. The number of carbonyl (C=O) groups is 2. The van der Waals surface area contributed by atoms with Crippen LogP contribution in [0.3, 0.4) is 0 Å². The van der Waals surface area contributed by atoms with E-state index in [1.165, 1.54) is 30.6 Å². The minimum Gasteiger partial charge on any atom is -0.504 e. The average molecular weight is 435 g/mol. The molecule has 0 aliphatic carbocycles. The summed E-state index contributed by atoms with van der Waals surface area (Å²) in [4.78, 5) is 33.6. The largest absolute Gasteiger partial charge is 0.504 e. The van der Waals surface area contributed by atoms with Gasteiger partial charge in [0, 0.05) is 18.0 Å². The molecule has 0 saturated carbocycles. The minimum atomic E-state index is -1.06. The molecule has 0 radical (unpaired) electrons. The highest BCUT2D eigenvalue weighted by Crippen LogP contribution is 2.45. The van der Waals surface area contributed by atoms with Crippen LogP contribution in [-0.4, -0.2) is 58.5 Å². The van der Waals surface area contributed by atoms with E-state index in [1.807, 2.05) is 6.92 Å². The number of unbranched alkanes of at least 4 members (excludes halogenated alkanes) is 1. The van der Waals surface area contributed by atoms with Crippen molar-refractivity contribution in [3.63, 3.8) is 0 Å². The summed E-state index contributed by atoms with van der Waals surface area (Å²) in [6.07, 6.45) is 4.61. The fraction of sp³-hybridized carbons (Fsp3) is 0.316. The number of hydroxylamine groups is 1. The molecule has 168 valence electrons. The Morgan fingerprint density at radius 1 is 1.29 bits per heavy atom. The summed E-state index contributed by atoms with van der Waals surface area (Å²) in [6, 6.07) is 1.83. The van der Waals surface area contributed by atoms with Crippen molar-refractivity contribution in [2.75, 3.05) is 0 Å². The van der Waals surface area contributed by atoms with Crippen LogP contribution in [0.4, 0.5) is 0 Å². The van der Waals surface area contributed by atoms with Crippen molar-refractivity contribution in [2.45, 2.75) is 38.3 Å². The number of carbonyl (C=O) groups excluding carboxylic acids is 2. The van der Waals surface area contributed by atoms with Crippen LogP contribution in [0.5, 0.6) is 11.5 Å². The Bertz CT molecular complexity index is 945. The van der Waals surface area contributed by atoms with Gasteiger partial charge in [-0.15, -0.1) is 0 Å². The lowest BCUT2D eigenvalue weighted by Gasteiger charge is -2.32. The number of H-pyrrole nitrogens is 1. The number of rotatable bonds is 7. The monoisotopic (exact) mass is 435 g/mol. The van der Waals surface area contributed by atoms with Gasteiger partial charge < -0.3 is 30.4 Å². The van der Waals surface area contributed by atoms with Crippen LogP contribution in [0.25, 0.3) is 5.57 Å². The molecule has 1 aliphatic heterocycles. The molecule has 12 nitrogen and oxygen atoms in total. The molecule has 0 fully saturated rings. The Balaban J connectivity index is 0.00000166. The molecule has 12 heteroatoms. The number of phenolic OH excluding ortho intramolecular Hbond substituents is 2. The van der Waals surface area contributed by atoms with Gasteiger partial charge in [-0.2, -0.15) is 0 Å². The van der Waals surface area contributed by atoms with E-state index in [-0.39, 0.29) is 29.1 Å². The fourth-order valence-electron chi connectivity index (χ4n) is 3.49. The molecule has 31 heavy (non-hydrogen) atoms. The first kappa shape index (κ1) is 23.7. The van der Waals surface area contributed by atoms with Crippen molar-refractivity contribution >= 4 is 17.4 Å². The number of aliphatic hydroxyl groups is 1. The van der Waals surface area contributed by atoms with Crippen molar-refractivity contribution in [1.29, 1.82) is 0 Å². The number of hydrogen-bond donors (Lipinski definition) is 8. The highest BCUT2D eigenvalue weighted by Gasteiger charge is 2.47. The number of benzene rings is 1. The Morgan fingerprint density at radius 2 is 2.00 bits per heavy atom. The summed E-state index contributed by atoms with van der Waals surface area (Å²) in [6.45, 7) is 1.92. The third-order valence-electron chi connectivity index (χ3n) is 4.89. The van der Waals surface area contributed by atoms with Crippen LogP contribution in [-0.2, 0) is 9.59 Å². The number of hydrogen-bond acceptors (Lipinski definition) is 9. The normalized spacial score (nSPS) is 16.7. The zero-order valence-electron chi connectivity index (χ0n) is 16.7. The standard InChI is InChI=1S/C19H22N4O6.H3NO/c1-2-3-4-11(18(27)22-29)23-15(17-20-7-8-21-17)14(16(26)19(23)28)10-5-6-12(24)13(25)9-10;1-2/h5-9,11,15,24-26,29H,2-4H2,1H3,(H,20,21)(H,22,27);2H,1H2. The van der Waals surface area contributed by atoms with E-state index in [4.69, 9.17) is 5.21 Å². The molecule has 1 aliphatic rings. The molecular formula is C19H25N5O7. The maximum Gasteiger partial charge on any atom is 0.290 e. The van der Waals surface area contributed by atoms with Gasteiger partial charge in [0.1, 0.15) is 17.9 Å². The first-order valence-electron chi connectivity index (χ1n) is 9.37. The molecule has 2 amide bonds. The van der Waals surface area contributed by atoms with Gasteiger partial charge in [-0.25, -0.2) is 16.4 Å². The Morgan fingerprint density at radius 3 is 2.55 bits per heavy atom. The smallest absolute Gasteiger partial charge is 0.290 e. The van der Waals surface area contributed by atoms with Crippen molar-refractivity contribution in [2.24, 2.45) is 5.90 Å². The molecule has 3 rings (SSSR count). The molecule has 0 bridgehead atoms. The highest BCUT2D eigenvalue weighted by molar-refractivity contribution is 6.07. The first-order valence-corrected chi connectivity index (χ1v) is 9.37. The van der Waals surface area contributed by atoms with Crippen LogP contribution in [0.15, 0.2) is 36.4 Å². The van der Waals surface area contributed by atoms with E-state index in [9.17, 15) is 30.1 Å². The zero-order valence-corrected chi connectivity index (χ0v) is 16.7. The van der Waals surface area contributed by atoms with E-state index >= 15 is 0 Å². The second-order valence-electron chi connectivity index (χ2n) is 6.69. The Hall–Kier alpha value is -3.61. The van der Waals surface area contributed by atoms with Gasteiger partial charge in [0.25, 0.3) is 11.8 Å². The molecule has 0 spiro atoms. The topological polar surface area (TPSA) is 205 Å². The van der Waals surface area contributed by atoms with Crippen molar-refractivity contribution < 1.29 is 35.3 Å². The van der Waals surface area contributed by atoms with Gasteiger partial charge in [0.05, 0.1) is 0 Å². The average Bonchev–Trinajstić information content (AvgIpc) is 3.39. The number of aromatic nitrogens is 2. The van der Waals surface area contributed by atoms with Gasteiger partial charge in [-0.3, -0.25) is 14.8 Å². The maximum atomic E-state index is 13.0. The summed E-state index contributed by atoms with van der Waals surface area (Å²) in [5, 5.41) is 45.8. The van der Waals surface area contributed by atoms with Gasteiger partial charge in [-0.1, -0.05) is 25.8 Å². The predicted octanol–water partition coefficient (Wildman–Crippen LogP) is 1.07. The summed E-state index contributed by atoms with van der Waals surface area (Å²) in [7, 11) is 0. The number of amides is 2. The SMILES string of the molecule is CCCCC(C(=O)NO)N1C(=O)C(O)=C(c2ccc(O)c(O)c2)C1c1ncc[nH]1.NO. The molecular weight excluding hydrogens is 410 g/mol. The van der Waals surface area contributed by atoms with Gasteiger partial charge in [0.2, 0.25) is 0 Å². The van der Waals surface area contributed by atoms with Crippen LogP contribution < -0.4 is 11.4 Å². The number of nitrogens with one attached hydrogen (secondary N) is 2. The summed E-state index contributed by atoms with van der Waals surface area (Å²) in [5.74, 6) is 0.804. The van der Waals surface area contributed by atoms with E-state index in [0.29, 0.717) is 6.42 Å². The molecule has 2 unspecified atom stereocenters. The molecule has 1 aromatic heterocycles. The maximum absolute atomic E-state index is 13.0. The summed E-state index contributed by atoms with van der Waals surface area (Å²) < 4.78 is 0. The van der Waals surface area contributed by atoms with Crippen LogP contribution in [0.1, 0.15) is 43.6 Å². The van der Waals surface area contributed by atoms with E-state index in [2.05, 4.69) is 15.9 Å². The minimum absolute atomic E-state index is 0.118. The van der Waals surface area contributed by atoms with E-state index in [1.54, 1.807) is 5.48 Å². The molecule has 2 atom stereocenters. The van der Waals surface area contributed by atoms with E-state index in [0.717, 1.165) is 11.3 Å². The van der Waals surface area contributed by atoms with E-state index < -0.39 is 35.4 Å². The van der Waals surface area contributed by atoms with Gasteiger partial charge in [-0.05, 0) is 24.1 Å². The number of nitrogens with zero attached hydrogens (tertiary/aromatic N) is 2. The summed E-state index contributed by atoms with van der Waals surface area (Å²) in [5.41, 5.74) is 1.98. The lowest BCUT2D eigenvalue weighted by atomic mass is 9.96. The van der Waals surface area contributed by atoms with Crippen molar-refractivity contribution in [1.82, 2.24) is 20.3 Å². The summed E-state index contributed by atoms with van der Waals surface area (Å²) >= 11 is 0. The molecule has 9 N–H and O–H groups in total. The van der Waals surface area contributed by atoms with Gasteiger partial charge >= 0.3 is 0 Å². The number of aliphatic hydroxyl groups excluding tert-OH is 1. The molecule has 2 heterocycles. The van der Waals surface area contributed by atoms with Crippen molar-refractivity contribution in [3.05, 3.63) is 47.7 Å². The van der Waals surface area contributed by atoms with Crippen molar-refractivity contribution in [3.8, 4) is 11.5 Å². The predicted molar refractivity (Wildman–Crippen MR) is 107 cm³/mol. The van der Waals surface area contributed by atoms with Gasteiger partial charge in [0.15, 0.2) is 17.3 Å². The van der Waals surface area contributed by atoms with Crippen LogP contribution in [0, 0.1) is 0 Å². The molecule has 1 aromatic carbocycles. The lowest BCUT2D eigenvalue weighted by molar-refractivity contribution is -0.144. The fourth-order valence-corrected chi connectivity index (χ4v) is 3.49. The quantitative estimate of drug-likeness (QED) is 0.178.